The lowest BCUT2D eigenvalue weighted by Crippen LogP contribution is -2.25. The molecule has 1 unspecified atom stereocenters. The van der Waals surface area contributed by atoms with Gasteiger partial charge in [0.1, 0.15) is 5.75 Å². The van der Waals surface area contributed by atoms with E-state index in [4.69, 9.17) is 10.5 Å². The van der Waals surface area contributed by atoms with Gasteiger partial charge < -0.3 is 10.5 Å². The summed E-state index contributed by atoms with van der Waals surface area (Å²) in [7, 11) is 0. The molecule has 1 fully saturated rings. The highest BCUT2D eigenvalue weighted by Gasteiger charge is 2.24. The minimum Gasteiger partial charge on any atom is -0.490 e. The molecule has 1 aliphatic rings. The molecule has 1 atom stereocenters. The minimum atomic E-state index is -0.0739. The Labute approximate surface area is 115 Å². The zero-order chi connectivity index (χ0) is 13.8. The molecule has 0 amide bonds. The first-order chi connectivity index (χ1) is 9.10. The van der Waals surface area contributed by atoms with Crippen molar-refractivity contribution in [2.45, 2.75) is 39.2 Å². The molecule has 3 nitrogen and oxygen atoms in total. The summed E-state index contributed by atoms with van der Waals surface area (Å²) in [6.45, 7) is 4.64. The van der Waals surface area contributed by atoms with Crippen molar-refractivity contribution in [1.29, 1.82) is 0 Å². The van der Waals surface area contributed by atoms with Gasteiger partial charge in [-0.1, -0.05) is 13.8 Å². The van der Waals surface area contributed by atoms with Gasteiger partial charge in [-0.05, 0) is 49.4 Å². The van der Waals surface area contributed by atoms with Crippen molar-refractivity contribution in [1.82, 2.24) is 0 Å². The van der Waals surface area contributed by atoms with Crippen molar-refractivity contribution in [3.8, 4) is 5.75 Å². The molecule has 0 aliphatic heterocycles. The third kappa shape index (κ3) is 4.06. The second kappa shape index (κ2) is 6.20. The molecule has 0 aromatic heterocycles. The number of hydrogen-bond donors (Lipinski definition) is 1. The third-order valence-electron chi connectivity index (χ3n) is 3.38. The molecule has 1 aromatic rings. The van der Waals surface area contributed by atoms with Gasteiger partial charge in [0.15, 0.2) is 5.78 Å². The Bertz CT molecular complexity index is 421. The molecule has 1 saturated carbocycles. The smallest absolute Gasteiger partial charge is 0.167 e. The highest BCUT2D eigenvalue weighted by molar-refractivity contribution is 5.98. The zero-order valence-electron chi connectivity index (χ0n) is 11.8. The van der Waals surface area contributed by atoms with Gasteiger partial charge >= 0.3 is 0 Å². The van der Waals surface area contributed by atoms with Crippen molar-refractivity contribution in [3.05, 3.63) is 29.8 Å². The monoisotopic (exact) mass is 261 g/mol. The normalized spacial score (nSPS) is 16.4. The van der Waals surface area contributed by atoms with Crippen LogP contribution in [0.25, 0.3) is 0 Å². The second-order valence-electron chi connectivity index (χ2n) is 5.77. The standard InChI is InChI=1S/C16H23NO2/c1-11(2)9-13(10-17)16(18)12-3-5-14(6-4-12)19-15-7-8-15/h3-6,11,13,15H,7-10,17H2,1-2H3. The summed E-state index contributed by atoms with van der Waals surface area (Å²) in [5, 5.41) is 0. The van der Waals surface area contributed by atoms with Crippen molar-refractivity contribution in [3.63, 3.8) is 0 Å². The third-order valence-corrected chi connectivity index (χ3v) is 3.38. The quantitative estimate of drug-likeness (QED) is 0.768. The predicted octanol–water partition coefficient (Wildman–Crippen LogP) is 3.03. The predicted molar refractivity (Wildman–Crippen MR) is 76.4 cm³/mol. The summed E-state index contributed by atoms with van der Waals surface area (Å²) < 4.78 is 5.68. The van der Waals surface area contributed by atoms with Gasteiger partial charge in [-0.15, -0.1) is 0 Å². The van der Waals surface area contributed by atoms with Gasteiger partial charge in [-0.2, -0.15) is 0 Å². The van der Waals surface area contributed by atoms with Crippen LogP contribution in [0.2, 0.25) is 0 Å². The van der Waals surface area contributed by atoms with Gasteiger partial charge in [-0.3, -0.25) is 4.79 Å². The number of nitrogens with two attached hydrogens (primary N) is 1. The number of Topliss-reactive ketones (excluding diaryl/α,β-unsaturated/α-hetero) is 1. The van der Waals surface area contributed by atoms with Crippen molar-refractivity contribution < 1.29 is 9.53 Å². The Balaban J connectivity index is 2.00. The van der Waals surface area contributed by atoms with E-state index in [2.05, 4.69) is 13.8 Å². The van der Waals surface area contributed by atoms with Crippen LogP contribution in [0.1, 0.15) is 43.5 Å². The van der Waals surface area contributed by atoms with E-state index in [1.54, 1.807) is 0 Å². The maximum absolute atomic E-state index is 12.3. The molecule has 19 heavy (non-hydrogen) atoms. The fourth-order valence-electron chi connectivity index (χ4n) is 2.19. The number of ether oxygens (including phenoxy) is 1. The fraction of sp³-hybridized carbons (Fsp3) is 0.562. The molecule has 1 aliphatic carbocycles. The largest absolute Gasteiger partial charge is 0.490 e. The number of ketones is 1. The molecule has 0 spiro atoms. The number of benzene rings is 1. The van der Waals surface area contributed by atoms with Crippen LogP contribution >= 0.6 is 0 Å². The molecule has 2 N–H and O–H groups in total. The van der Waals surface area contributed by atoms with Crippen LogP contribution in [-0.2, 0) is 0 Å². The lowest BCUT2D eigenvalue weighted by atomic mass is 9.90. The molecule has 2 rings (SSSR count). The number of hydrogen-bond acceptors (Lipinski definition) is 3. The van der Waals surface area contributed by atoms with Crippen molar-refractivity contribution >= 4 is 5.78 Å². The van der Waals surface area contributed by atoms with Gasteiger partial charge in [0, 0.05) is 18.0 Å². The van der Waals surface area contributed by atoms with Crippen LogP contribution in [0, 0.1) is 11.8 Å². The highest BCUT2D eigenvalue weighted by Crippen LogP contribution is 2.27. The minimum absolute atomic E-state index is 0.0739. The number of carbonyl (C=O) groups is 1. The van der Waals surface area contributed by atoms with E-state index in [0.717, 1.165) is 30.6 Å². The molecule has 1 aromatic carbocycles. The zero-order valence-corrected chi connectivity index (χ0v) is 11.8. The maximum Gasteiger partial charge on any atom is 0.167 e. The summed E-state index contributed by atoms with van der Waals surface area (Å²) >= 11 is 0. The Hall–Kier alpha value is -1.35. The molecule has 0 heterocycles. The summed E-state index contributed by atoms with van der Waals surface area (Å²) in [6, 6.07) is 7.47. The van der Waals surface area contributed by atoms with Crippen LogP contribution in [0.4, 0.5) is 0 Å². The van der Waals surface area contributed by atoms with E-state index in [-0.39, 0.29) is 11.7 Å². The van der Waals surface area contributed by atoms with Crippen LogP contribution in [-0.4, -0.2) is 18.4 Å². The van der Waals surface area contributed by atoms with Crippen LogP contribution in [0.3, 0.4) is 0 Å². The van der Waals surface area contributed by atoms with Gasteiger partial charge in [0.25, 0.3) is 0 Å². The first-order valence-electron chi connectivity index (χ1n) is 7.11. The Morgan fingerprint density at radius 2 is 1.95 bits per heavy atom. The maximum atomic E-state index is 12.3. The second-order valence-corrected chi connectivity index (χ2v) is 5.77. The van der Waals surface area contributed by atoms with Gasteiger partial charge in [0.2, 0.25) is 0 Å². The Morgan fingerprint density at radius 1 is 1.32 bits per heavy atom. The van der Waals surface area contributed by atoms with Gasteiger partial charge in [-0.25, -0.2) is 0 Å². The van der Waals surface area contributed by atoms with E-state index >= 15 is 0 Å². The summed E-state index contributed by atoms with van der Waals surface area (Å²) in [5.74, 6) is 1.41. The summed E-state index contributed by atoms with van der Waals surface area (Å²) in [4.78, 5) is 12.3. The number of rotatable bonds is 7. The van der Waals surface area contributed by atoms with Crippen LogP contribution in [0.5, 0.6) is 5.75 Å². The average molecular weight is 261 g/mol. The SMILES string of the molecule is CC(C)CC(CN)C(=O)c1ccc(OC2CC2)cc1. The van der Waals surface area contributed by atoms with Crippen LogP contribution in [0.15, 0.2) is 24.3 Å². The Kier molecular flexibility index (Phi) is 4.59. The summed E-state index contributed by atoms with van der Waals surface area (Å²) in [6.07, 6.45) is 3.52. The molecule has 104 valence electrons. The van der Waals surface area contributed by atoms with E-state index in [0.29, 0.717) is 18.6 Å². The van der Waals surface area contributed by atoms with Gasteiger partial charge in [0.05, 0.1) is 6.10 Å². The average Bonchev–Trinajstić information content (AvgIpc) is 3.20. The highest BCUT2D eigenvalue weighted by atomic mass is 16.5. The van der Waals surface area contributed by atoms with Crippen LogP contribution < -0.4 is 10.5 Å². The molecule has 0 bridgehead atoms. The molecular weight excluding hydrogens is 238 g/mol. The lowest BCUT2D eigenvalue weighted by Gasteiger charge is -2.16. The molecule has 3 heteroatoms. The van der Waals surface area contributed by atoms with E-state index < -0.39 is 0 Å². The van der Waals surface area contributed by atoms with Crippen molar-refractivity contribution in [2.24, 2.45) is 17.6 Å². The molecular formula is C16H23NO2. The topological polar surface area (TPSA) is 52.3 Å². The van der Waals surface area contributed by atoms with E-state index in [9.17, 15) is 4.79 Å². The van der Waals surface area contributed by atoms with E-state index in [1.807, 2.05) is 24.3 Å². The lowest BCUT2D eigenvalue weighted by molar-refractivity contribution is 0.0909. The molecule has 0 saturated heterocycles. The fourth-order valence-corrected chi connectivity index (χ4v) is 2.19. The van der Waals surface area contributed by atoms with E-state index in [1.165, 1.54) is 0 Å². The Morgan fingerprint density at radius 3 is 2.42 bits per heavy atom. The van der Waals surface area contributed by atoms with Crippen molar-refractivity contribution in [2.75, 3.05) is 6.54 Å². The summed E-state index contributed by atoms with van der Waals surface area (Å²) in [5.41, 5.74) is 6.45. The molecule has 0 radical (unpaired) electrons. The number of carbonyl (C=O) groups excluding carboxylic acids is 1. The first-order valence-corrected chi connectivity index (χ1v) is 7.11. The first kappa shape index (κ1) is 14.1.